The number of carbonyl (C=O) groups is 1. The van der Waals surface area contributed by atoms with E-state index in [0.29, 0.717) is 6.61 Å². The summed E-state index contributed by atoms with van der Waals surface area (Å²) in [6.07, 6.45) is 0.646. The van der Waals surface area contributed by atoms with Gasteiger partial charge in [0.25, 0.3) is 0 Å². The maximum atomic E-state index is 11.0. The van der Waals surface area contributed by atoms with Gasteiger partial charge < -0.3 is 14.6 Å². The van der Waals surface area contributed by atoms with Crippen molar-refractivity contribution in [3.05, 3.63) is 12.7 Å². The molecular weight excluding hydrogens is 216 g/mol. The van der Waals surface area contributed by atoms with Gasteiger partial charge in [0.2, 0.25) is 0 Å². The van der Waals surface area contributed by atoms with E-state index < -0.39 is 11.7 Å². The zero-order valence-electron chi connectivity index (χ0n) is 8.51. The van der Waals surface area contributed by atoms with Crippen molar-refractivity contribution < 1.29 is 19.4 Å². The van der Waals surface area contributed by atoms with Crippen LogP contribution in [0.4, 0.5) is 0 Å². The predicted octanol–water partition coefficient (Wildman–Crippen LogP) is 0.349. The molecule has 0 unspecified atom stereocenters. The Kier molecular flexibility index (Phi) is 2.89. The molecule has 0 bridgehead atoms. The van der Waals surface area contributed by atoms with E-state index in [1.54, 1.807) is 6.08 Å². The van der Waals surface area contributed by atoms with Gasteiger partial charge in [0.1, 0.15) is 17.8 Å². The fourth-order valence-corrected chi connectivity index (χ4v) is 3.13. The van der Waals surface area contributed by atoms with Gasteiger partial charge in [-0.05, 0) is 0 Å². The van der Waals surface area contributed by atoms with Crippen molar-refractivity contribution in [1.82, 2.24) is 0 Å². The largest absolute Gasteiger partial charge is 0.387 e. The van der Waals surface area contributed by atoms with Crippen LogP contribution in [-0.4, -0.2) is 46.5 Å². The van der Waals surface area contributed by atoms with Crippen molar-refractivity contribution in [2.75, 3.05) is 13.2 Å². The fourth-order valence-electron chi connectivity index (χ4n) is 2.16. The van der Waals surface area contributed by atoms with Crippen molar-refractivity contribution in [2.24, 2.45) is 0 Å². The lowest BCUT2D eigenvalue weighted by molar-refractivity contribution is -0.109. The molecule has 2 fully saturated rings. The number of aliphatic hydroxyl groups is 1. The standard InChI is InChI=1S/C10H14O4S/c1-3-10-8(12)5-13-9(10)7(4-14-10)15-6(2)11/h3,7-9,12H,1,4-5H2,2H3/t7-,8+,9+,10+/m0/s1. The van der Waals surface area contributed by atoms with Crippen molar-refractivity contribution in [3.8, 4) is 0 Å². The van der Waals surface area contributed by atoms with E-state index in [9.17, 15) is 9.90 Å². The molecule has 4 atom stereocenters. The zero-order valence-corrected chi connectivity index (χ0v) is 9.33. The van der Waals surface area contributed by atoms with Crippen LogP contribution in [0.2, 0.25) is 0 Å². The lowest BCUT2D eigenvalue weighted by Gasteiger charge is -2.26. The monoisotopic (exact) mass is 230 g/mol. The van der Waals surface area contributed by atoms with Crippen LogP contribution in [0.25, 0.3) is 0 Å². The number of hydrogen-bond donors (Lipinski definition) is 1. The normalized spacial score (nSPS) is 44.0. The Labute approximate surface area is 92.6 Å². The average Bonchev–Trinajstić information content (AvgIpc) is 2.67. The topological polar surface area (TPSA) is 55.8 Å². The Morgan fingerprint density at radius 1 is 1.67 bits per heavy atom. The highest BCUT2D eigenvalue weighted by Gasteiger charge is 2.58. The highest BCUT2D eigenvalue weighted by molar-refractivity contribution is 8.14. The summed E-state index contributed by atoms with van der Waals surface area (Å²) in [5, 5.41) is 9.78. The first kappa shape index (κ1) is 11.1. The van der Waals surface area contributed by atoms with Crippen LogP contribution in [0.3, 0.4) is 0 Å². The summed E-state index contributed by atoms with van der Waals surface area (Å²) in [4.78, 5) is 11.0. The highest BCUT2D eigenvalue weighted by Crippen LogP contribution is 2.42. The smallest absolute Gasteiger partial charge is 0.186 e. The molecule has 0 radical (unpaired) electrons. The molecule has 0 aromatic carbocycles. The third-order valence-corrected chi connectivity index (χ3v) is 3.89. The number of thioether (sulfide) groups is 1. The summed E-state index contributed by atoms with van der Waals surface area (Å²) in [5.74, 6) is 0. The molecule has 4 nitrogen and oxygen atoms in total. The lowest BCUT2D eigenvalue weighted by Crippen LogP contribution is -2.44. The van der Waals surface area contributed by atoms with E-state index >= 15 is 0 Å². The van der Waals surface area contributed by atoms with E-state index in [1.807, 2.05) is 0 Å². The van der Waals surface area contributed by atoms with Crippen LogP contribution in [-0.2, 0) is 14.3 Å². The first-order valence-electron chi connectivity index (χ1n) is 4.84. The summed E-state index contributed by atoms with van der Waals surface area (Å²) in [5.41, 5.74) is -0.812. The molecule has 2 aliphatic rings. The van der Waals surface area contributed by atoms with Gasteiger partial charge in [0.05, 0.1) is 18.5 Å². The van der Waals surface area contributed by atoms with Gasteiger partial charge in [0, 0.05) is 6.92 Å². The predicted molar refractivity (Wildman–Crippen MR) is 56.7 cm³/mol. The van der Waals surface area contributed by atoms with Crippen LogP contribution < -0.4 is 0 Å². The Bertz CT molecular complexity index is 293. The fraction of sp³-hybridized carbons (Fsp3) is 0.700. The second kappa shape index (κ2) is 3.90. The minimum atomic E-state index is -0.812. The number of aliphatic hydroxyl groups excluding tert-OH is 1. The molecule has 2 rings (SSSR count). The Morgan fingerprint density at radius 2 is 2.40 bits per heavy atom. The number of carbonyl (C=O) groups excluding carboxylic acids is 1. The number of hydrogen-bond acceptors (Lipinski definition) is 5. The molecule has 2 saturated heterocycles. The van der Waals surface area contributed by atoms with Crippen LogP contribution in [0.1, 0.15) is 6.92 Å². The van der Waals surface area contributed by atoms with Gasteiger partial charge in [-0.15, -0.1) is 6.58 Å². The highest BCUT2D eigenvalue weighted by atomic mass is 32.2. The second-order valence-electron chi connectivity index (χ2n) is 3.79. The molecule has 0 amide bonds. The maximum absolute atomic E-state index is 11.0. The van der Waals surface area contributed by atoms with E-state index in [0.717, 1.165) is 0 Å². The molecule has 0 saturated carbocycles. The number of ether oxygens (including phenoxy) is 2. The minimum absolute atomic E-state index is 0.0356. The SMILES string of the molecule is C=C[C@]12OC[C@H](SC(C)=O)[C@H]1OC[C@H]2O. The molecule has 84 valence electrons. The van der Waals surface area contributed by atoms with Crippen LogP contribution in [0.15, 0.2) is 12.7 Å². The maximum Gasteiger partial charge on any atom is 0.186 e. The zero-order chi connectivity index (χ0) is 11.1. The molecule has 15 heavy (non-hydrogen) atoms. The van der Waals surface area contributed by atoms with Crippen molar-refractivity contribution in [1.29, 1.82) is 0 Å². The Hall–Kier alpha value is -0.360. The first-order valence-corrected chi connectivity index (χ1v) is 5.72. The number of rotatable bonds is 2. The van der Waals surface area contributed by atoms with E-state index in [4.69, 9.17) is 9.47 Å². The minimum Gasteiger partial charge on any atom is -0.387 e. The summed E-state index contributed by atoms with van der Waals surface area (Å²) in [6, 6.07) is 0. The van der Waals surface area contributed by atoms with Gasteiger partial charge in [-0.3, -0.25) is 4.79 Å². The Morgan fingerprint density at radius 3 is 3.00 bits per heavy atom. The van der Waals surface area contributed by atoms with Gasteiger partial charge in [0.15, 0.2) is 5.12 Å². The van der Waals surface area contributed by atoms with Crippen molar-refractivity contribution >= 4 is 16.9 Å². The molecule has 0 aromatic heterocycles. The third-order valence-electron chi connectivity index (χ3n) is 2.87. The molecule has 0 spiro atoms. The first-order chi connectivity index (χ1) is 7.10. The number of fused-ring (bicyclic) bond motifs is 1. The summed E-state index contributed by atoms with van der Waals surface area (Å²) in [7, 11) is 0. The molecular formula is C10H14O4S. The molecule has 2 aliphatic heterocycles. The van der Waals surface area contributed by atoms with E-state index in [-0.39, 0.29) is 23.1 Å². The lowest BCUT2D eigenvalue weighted by atomic mass is 9.93. The van der Waals surface area contributed by atoms with Crippen LogP contribution in [0.5, 0.6) is 0 Å². The van der Waals surface area contributed by atoms with Crippen LogP contribution in [0, 0.1) is 0 Å². The Balaban J connectivity index is 2.17. The molecule has 0 aliphatic carbocycles. The molecule has 0 aromatic rings. The van der Waals surface area contributed by atoms with Gasteiger partial charge in [-0.1, -0.05) is 17.8 Å². The van der Waals surface area contributed by atoms with E-state index in [2.05, 4.69) is 6.58 Å². The van der Waals surface area contributed by atoms with Crippen molar-refractivity contribution in [3.63, 3.8) is 0 Å². The summed E-state index contributed by atoms with van der Waals surface area (Å²) >= 11 is 1.21. The molecule has 5 heteroatoms. The summed E-state index contributed by atoms with van der Waals surface area (Å²) < 4.78 is 11.1. The molecule has 1 N–H and O–H groups in total. The van der Waals surface area contributed by atoms with Gasteiger partial charge in [-0.2, -0.15) is 0 Å². The van der Waals surface area contributed by atoms with Gasteiger partial charge in [-0.25, -0.2) is 0 Å². The average molecular weight is 230 g/mol. The summed E-state index contributed by atoms with van der Waals surface area (Å²) in [6.45, 7) is 5.86. The third kappa shape index (κ3) is 1.63. The molecule has 2 heterocycles. The van der Waals surface area contributed by atoms with E-state index in [1.165, 1.54) is 18.7 Å². The quantitative estimate of drug-likeness (QED) is 0.694. The van der Waals surface area contributed by atoms with Crippen molar-refractivity contribution in [2.45, 2.75) is 30.0 Å². The van der Waals surface area contributed by atoms with Gasteiger partial charge >= 0.3 is 0 Å². The van der Waals surface area contributed by atoms with Crippen LogP contribution >= 0.6 is 11.8 Å². The second-order valence-corrected chi connectivity index (χ2v) is 5.20.